The molecule has 4 nitrogen and oxygen atoms in total. The second-order valence-corrected chi connectivity index (χ2v) is 5.86. The molecule has 0 spiro atoms. The average Bonchev–Trinajstić information content (AvgIpc) is 2.27. The predicted octanol–water partition coefficient (Wildman–Crippen LogP) is 1.78. The second kappa shape index (κ2) is 7.10. The largest absolute Gasteiger partial charge is 0.369 e. The van der Waals surface area contributed by atoms with E-state index in [1.165, 1.54) is 0 Å². The highest BCUT2D eigenvalue weighted by atomic mass is 16.5. The first kappa shape index (κ1) is 15.4. The Morgan fingerprint density at radius 3 is 2.67 bits per heavy atom. The summed E-state index contributed by atoms with van der Waals surface area (Å²) in [5.74, 6) is 0.720. The van der Waals surface area contributed by atoms with Crippen LogP contribution in [0.3, 0.4) is 0 Å². The van der Waals surface area contributed by atoms with Gasteiger partial charge in [0.2, 0.25) is 0 Å². The van der Waals surface area contributed by atoms with Crippen molar-refractivity contribution in [1.29, 1.82) is 0 Å². The highest BCUT2D eigenvalue weighted by Crippen LogP contribution is 2.17. The van der Waals surface area contributed by atoms with Crippen LogP contribution in [0.15, 0.2) is 0 Å². The summed E-state index contributed by atoms with van der Waals surface area (Å²) in [6.07, 6.45) is 2.46. The molecule has 2 N–H and O–H groups in total. The number of nitrogens with zero attached hydrogens (tertiary/aromatic N) is 1. The Morgan fingerprint density at radius 1 is 1.44 bits per heavy atom. The zero-order valence-electron chi connectivity index (χ0n) is 12.2. The van der Waals surface area contributed by atoms with Crippen LogP contribution in [0, 0.1) is 5.92 Å². The molecule has 3 atom stereocenters. The minimum atomic E-state index is -0.333. The van der Waals surface area contributed by atoms with Crippen LogP contribution in [-0.2, 0) is 9.53 Å². The van der Waals surface area contributed by atoms with Crippen LogP contribution in [0.4, 0.5) is 0 Å². The molecule has 1 amide bonds. The van der Waals surface area contributed by atoms with E-state index in [1.54, 1.807) is 0 Å². The summed E-state index contributed by atoms with van der Waals surface area (Å²) in [7, 11) is 0. The van der Waals surface area contributed by atoms with E-state index in [1.807, 2.05) is 11.8 Å². The van der Waals surface area contributed by atoms with Crippen molar-refractivity contribution in [2.45, 2.75) is 65.1 Å². The predicted molar refractivity (Wildman–Crippen MR) is 73.3 cm³/mol. The molecule has 0 aliphatic carbocycles. The van der Waals surface area contributed by atoms with Crippen molar-refractivity contribution in [3.8, 4) is 0 Å². The van der Waals surface area contributed by atoms with Gasteiger partial charge in [-0.05, 0) is 39.0 Å². The molecule has 1 saturated heterocycles. The number of piperidine rings is 1. The summed E-state index contributed by atoms with van der Waals surface area (Å²) in [5.41, 5.74) is 5.91. The smallest absolute Gasteiger partial charge is 0.251 e. The van der Waals surface area contributed by atoms with Gasteiger partial charge >= 0.3 is 0 Å². The third-order valence-corrected chi connectivity index (χ3v) is 3.61. The summed E-state index contributed by atoms with van der Waals surface area (Å²) >= 11 is 0. The van der Waals surface area contributed by atoms with Gasteiger partial charge in [-0.15, -0.1) is 0 Å². The lowest BCUT2D eigenvalue weighted by atomic mass is 9.98. The molecule has 3 unspecified atom stereocenters. The number of ether oxygens (including phenoxy) is 1. The summed E-state index contributed by atoms with van der Waals surface area (Å²) in [5, 5.41) is 0. The monoisotopic (exact) mass is 256 g/mol. The Morgan fingerprint density at radius 2 is 2.11 bits per heavy atom. The lowest BCUT2D eigenvalue weighted by molar-refractivity contribution is -0.146. The quantitative estimate of drug-likeness (QED) is 0.815. The van der Waals surface area contributed by atoms with Crippen LogP contribution in [0.25, 0.3) is 0 Å². The number of nitrogens with two attached hydrogens (primary N) is 1. The van der Waals surface area contributed by atoms with Gasteiger partial charge in [0.05, 0.1) is 0 Å². The molecule has 0 aromatic rings. The molecular formula is C14H28N2O2. The number of likely N-dealkylation sites (tertiary alicyclic amines) is 1. The van der Waals surface area contributed by atoms with Crippen LogP contribution in [0.2, 0.25) is 0 Å². The Hall–Kier alpha value is -0.610. The molecule has 1 heterocycles. The molecule has 1 fully saturated rings. The third-order valence-electron chi connectivity index (χ3n) is 3.61. The van der Waals surface area contributed by atoms with Gasteiger partial charge in [0, 0.05) is 25.2 Å². The first-order chi connectivity index (χ1) is 8.41. The van der Waals surface area contributed by atoms with Crippen LogP contribution in [0.1, 0.15) is 47.0 Å². The zero-order valence-corrected chi connectivity index (χ0v) is 12.2. The van der Waals surface area contributed by atoms with Gasteiger partial charge in [0.1, 0.15) is 6.10 Å². The standard InChI is InChI=1S/C14H28N2O2/c1-10(2)6-8-18-12(4)14(17)16-7-5-13(15)9-11(16)3/h10-13H,5-9,15H2,1-4H3. The van der Waals surface area contributed by atoms with Gasteiger partial charge < -0.3 is 15.4 Å². The van der Waals surface area contributed by atoms with Crippen molar-refractivity contribution in [2.24, 2.45) is 11.7 Å². The van der Waals surface area contributed by atoms with E-state index >= 15 is 0 Å². The lowest BCUT2D eigenvalue weighted by Crippen LogP contribution is -2.51. The lowest BCUT2D eigenvalue weighted by Gasteiger charge is -2.37. The Balaban J connectivity index is 2.38. The van der Waals surface area contributed by atoms with Crippen molar-refractivity contribution >= 4 is 5.91 Å². The molecule has 0 aromatic carbocycles. The minimum Gasteiger partial charge on any atom is -0.369 e. The van der Waals surface area contributed by atoms with Crippen molar-refractivity contribution in [1.82, 2.24) is 4.90 Å². The Labute approximate surface area is 111 Å². The number of hydrogen-bond donors (Lipinski definition) is 1. The van der Waals surface area contributed by atoms with E-state index in [0.29, 0.717) is 12.5 Å². The van der Waals surface area contributed by atoms with Crippen molar-refractivity contribution in [2.75, 3.05) is 13.2 Å². The molecule has 1 aliphatic rings. The van der Waals surface area contributed by atoms with Gasteiger partial charge in [0.15, 0.2) is 0 Å². The van der Waals surface area contributed by atoms with Crippen LogP contribution in [-0.4, -0.2) is 42.1 Å². The highest BCUT2D eigenvalue weighted by Gasteiger charge is 2.29. The third kappa shape index (κ3) is 4.58. The number of amides is 1. The maximum absolute atomic E-state index is 12.3. The number of carbonyl (C=O) groups excluding carboxylic acids is 1. The zero-order chi connectivity index (χ0) is 13.7. The first-order valence-electron chi connectivity index (χ1n) is 7.09. The average molecular weight is 256 g/mol. The van der Waals surface area contributed by atoms with E-state index in [2.05, 4.69) is 20.8 Å². The van der Waals surface area contributed by atoms with Crippen LogP contribution >= 0.6 is 0 Å². The molecule has 18 heavy (non-hydrogen) atoms. The summed E-state index contributed by atoms with van der Waals surface area (Å²) in [6, 6.07) is 0.471. The molecule has 1 aliphatic heterocycles. The number of carbonyl (C=O) groups is 1. The molecule has 106 valence electrons. The van der Waals surface area contributed by atoms with Gasteiger partial charge in [-0.2, -0.15) is 0 Å². The summed E-state index contributed by atoms with van der Waals surface area (Å²) < 4.78 is 5.62. The van der Waals surface area contributed by atoms with Crippen LogP contribution in [0.5, 0.6) is 0 Å². The van der Waals surface area contributed by atoms with E-state index in [9.17, 15) is 4.79 Å². The second-order valence-electron chi connectivity index (χ2n) is 5.86. The molecule has 0 aromatic heterocycles. The van der Waals surface area contributed by atoms with E-state index in [0.717, 1.165) is 25.8 Å². The fraction of sp³-hybridized carbons (Fsp3) is 0.929. The molecule has 4 heteroatoms. The Kier molecular flexibility index (Phi) is 6.09. The van der Waals surface area contributed by atoms with Gasteiger partial charge in [0.25, 0.3) is 5.91 Å². The van der Waals surface area contributed by atoms with Gasteiger partial charge in [-0.25, -0.2) is 0 Å². The van der Waals surface area contributed by atoms with Crippen molar-refractivity contribution in [3.05, 3.63) is 0 Å². The van der Waals surface area contributed by atoms with Gasteiger partial charge in [-0.1, -0.05) is 13.8 Å². The van der Waals surface area contributed by atoms with Crippen molar-refractivity contribution in [3.63, 3.8) is 0 Å². The van der Waals surface area contributed by atoms with E-state index in [4.69, 9.17) is 10.5 Å². The molecule has 1 rings (SSSR count). The first-order valence-corrected chi connectivity index (χ1v) is 7.09. The summed E-state index contributed by atoms with van der Waals surface area (Å²) in [6.45, 7) is 9.65. The fourth-order valence-corrected chi connectivity index (χ4v) is 2.32. The topological polar surface area (TPSA) is 55.6 Å². The molecule has 0 saturated carbocycles. The maximum atomic E-state index is 12.3. The van der Waals surface area contributed by atoms with E-state index < -0.39 is 0 Å². The minimum absolute atomic E-state index is 0.109. The van der Waals surface area contributed by atoms with Crippen LogP contribution < -0.4 is 5.73 Å². The summed E-state index contributed by atoms with van der Waals surface area (Å²) in [4.78, 5) is 14.2. The molecule has 0 radical (unpaired) electrons. The fourth-order valence-electron chi connectivity index (χ4n) is 2.32. The number of rotatable bonds is 5. The molecular weight excluding hydrogens is 228 g/mol. The van der Waals surface area contributed by atoms with Crippen molar-refractivity contribution < 1.29 is 9.53 Å². The normalized spacial score (nSPS) is 26.4. The maximum Gasteiger partial charge on any atom is 0.251 e. The number of hydrogen-bond acceptors (Lipinski definition) is 3. The SMILES string of the molecule is CC(C)CCOC(C)C(=O)N1CCC(N)CC1C. The molecule has 0 bridgehead atoms. The van der Waals surface area contributed by atoms with Gasteiger partial charge in [-0.3, -0.25) is 4.79 Å². The Bertz CT molecular complexity index is 269. The van der Waals surface area contributed by atoms with E-state index in [-0.39, 0.29) is 24.1 Å². The highest BCUT2D eigenvalue weighted by molar-refractivity contribution is 5.80.